The smallest absolute Gasteiger partial charge is 0.253 e. The van der Waals surface area contributed by atoms with Crippen molar-refractivity contribution < 1.29 is 4.79 Å². The summed E-state index contributed by atoms with van der Waals surface area (Å²) in [5.74, 6) is -0.0521. The second-order valence-electron chi connectivity index (χ2n) is 5.21. The molecule has 1 aromatic carbocycles. The number of nitrogens with one attached hydrogen (secondary N) is 1. The van der Waals surface area contributed by atoms with Gasteiger partial charge in [-0.1, -0.05) is 11.6 Å². The lowest BCUT2D eigenvalue weighted by Gasteiger charge is -2.17. The van der Waals surface area contributed by atoms with Crippen LogP contribution in [-0.2, 0) is 7.05 Å². The Morgan fingerprint density at radius 2 is 2.14 bits per heavy atom. The molecule has 1 aromatic heterocycles. The molecule has 1 unspecified atom stereocenters. The lowest BCUT2D eigenvalue weighted by atomic mass is 10.1. The van der Waals surface area contributed by atoms with Crippen LogP contribution in [0, 0.1) is 0 Å². The van der Waals surface area contributed by atoms with Crippen LogP contribution in [0.2, 0.25) is 5.02 Å². The SMILES string of the molecule is CC(Nc1cc(C(=O)N(C)C)ccc1Cl)c1cnn(C)c1. The number of rotatable bonds is 4. The van der Waals surface area contributed by atoms with Gasteiger partial charge in [0.1, 0.15) is 0 Å². The minimum atomic E-state index is -0.0521. The fourth-order valence-electron chi connectivity index (χ4n) is 2.01. The van der Waals surface area contributed by atoms with E-state index >= 15 is 0 Å². The normalized spacial score (nSPS) is 12.0. The largest absolute Gasteiger partial charge is 0.377 e. The summed E-state index contributed by atoms with van der Waals surface area (Å²) >= 11 is 6.21. The number of amides is 1. The zero-order chi connectivity index (χ0) is 15.6. The molecule has 0 radical (unpaired) electrons. The Bertz CT molecular complexity index is 651. The first-order valence-corrected chi connectivity index (χ1v) is 7.02. The van der Waals surface area contributed by atoms with Crippen LogP contribution in [-0.4, -0.2) is 34.7 Å². The third kappa shape index (κ3) is 3.55. The maximum atomic E-state index is 12.0. The van der Waals surface area contributed by atoms with Crippen LogP contribution < -0.4 is 5.32 Å². The molecule has 0 bridgehead atoms. The van der Waals surface area contributed by atoms with Crippen molar-refractivity contribution in [1.29, 1.82) is 0 Å². The Labute approximate surface area is 129 Å². The van der Waals surface area contributed by atoms with Crippen molar-refractivity contribution in [2.24, 2.45) is 7.05 Å². The van der Waals surface area contributed by atoms with Gasteiger partial charge in [0.05, 0.1) is 22.9 Å². The minimum absolute atomic E-state index is 0.0425. The van der Waals surface area contributed by atoms with Gasteiger partial charge in [-0.3, -0.25) is 9.48 Å². The van der Waals surface area contributed by atoms with Gasteiger partial charge in [0.15, 0.2) is 0 Å². The van der Waals surface area contributed by atoms with Gasteiger partial charge in [-0.15, -0.1) is 0 Å². The molecule has 0 aliphatic heterocycles. The van der Waals surface area contributed by atoms with Crippen LogP contribution in [0.15, 0.2) is 30.6 Å². The molecule has 6 heteroatoms. The summed E-state index contributed by atoms with van der Waals surface area (Å²) < 4.78 is 1.75. The van der Waals surface area contributed by atoms with E-state index in [-0.39, 0.29) is 11.9 Å². The molecule has 0 saturated carbocycles. The lowest BCUT2D eigenvalue weighted by Crippen LogP contribution is -2.21. The number of aromatic nitrogens is 2. The summed E-state index contributed by atoms with van der Waals surface area (Å²) in [6.07, 6.45) is 3.75. The average Bonchev–Trinajstić information content (AvgIpc) is 2.87. The summed E-state index contributed by atoms with van der Waals surface area (Å²) in [6, 6.07) is 5.28. The van der Waals surface area contributed by atoms with Crippen molar-refractivity contribution in [1.82, 2.24) is 14.7 Å². The Balaban J connectivity index is 2.23. The van der Waals surface area contributed by atoms with E-state index in [1.165, 1.54) is 4.90 Å². The minimum Gasteiger partial charge on any atom is -0.377 e. The number of hydrogen-bond donors (Lipinski definition) is 1. The van der Waals surface area contributed by atoms with E-state index in [9.17, 15) is 4.79 Å². The molecule has 2 aromatic rings. The first-order valence-electron chi connectivity index (χ1n) is 6.64. The van der Waals surface area contributed by atoms with Gasteiger partial charge >= 0.3 is 0 Å². The maximum absolute atomic E-state index is 12.0. The Kier molecular flexibility index (Phi) is 4.53. The quantitative estimate of drug-likeness (QED) is 0.945. The van der Waals surface area contributed by atoms with E-state index in [0.29, 0.717) is 10.6 Å². The van der Waals surface area contributed by atoms with Gasteiger partial charge in [-0.05, 0) is 25.1 Å². The van der Waals surface area contributed by atoms with Crippen LogP contribution in [0.5, 0.6) is 0 Å². The van der Waals surface area contributed by atoms with Crippen LogP contribution in [0.1, 0.15) is 28.9 Å². The predicted octanol–water partition coefficient (Wildman–Crippen LogP) is 2.95. The molecule has 5 nitrogen and oxygen atoms in total. The molecular weight excluding hydrogens is 288 g/mol. The number of carbonyl (C=O) groups is 1. The summed E-state index contributed by atoms with van der Waals surface area (Å²) in [5, 5.41) is 8.06. The van der Waals surface area contributed by atoms with Crippen LogP contribution in [0.3, 0.4) is 0 Å². The van der Waals surface area contributed by atoms with Crippen LogP contribution in [0.25, 0.3) is 0 Å². The molecule has 0 fully saturated rings. The Hall–Kier alpha value is -2.01. The van der Waals surface area contributed by atoms with Gasteiger partial charge in [-0.2, -0.15) is 5.10 Å². The molecule has 21 heavy (non-hydrogen) atoms. The molecule has 0 aliphatic carbocycles. The van der Waals surface area contributed by atoms with Crippen molar-refractivity contribution >= 4 is 23.2 Å². The zero-order valence-corrected chi connectivity index (χ0v) is 13.3. The molecule has 1 N–H and O–H groups in total. The first-order chi connectivity index (χ1) is 9.88. The number of anilines is 1. The fraction of sp³-hybridized carbons (Fsp3) is 0.333. The topological polar surface area (TPSA) is 50.2 Å². The monoisotopic (exact) mass is 306 g/mol. The van der Waals surface area contributed by atoms with Gasteiger partial charge in [0.25, 0.3) is 5.91 Å². The van der Waals surface area contributed by atoms with Crippen molar-refractivity contribution in [3.63, 3.8) is 0 Å². The molecule has 0 saturated heterocycles. The number of carbonyl (C=O) groups excluding carboxylic acids is 1. The number of aryl methyl sites for hydroxylation is 1. The average molecular weight is 307 g/mol. The van der Waals surface area contributed by atoms with Crippen molar-refractivity contribution in [2.75, 3.05) is 19.4 Å². The van der Waals surface area contributed by atoms with E-state index in [1.807, 2.05) is 20.2 Å². The van der Waals surface area contributed by atoms with E-state index < -0.39 is 0 Å². The molecular formula is C15H19ClN4O. The number of benzene rings is 1. The second kappa shape index (κ2) is 6.18. The zero-order valence-electron chi connectivity index (χ0n) is 12.6. The van der Waals surface area contributed by atoms with Crippen molar-refractivity contribution in [3.05, 3.63) is 46.7 Å². The van der Waals surface area contributed by atoms with Gasteiger partial charge in [0, 0.05) is 38.5 Å². The molecule has 1 amide bonds. The first kappa shape index (κ1) is 15.4. The highest BCUT2D eigenvalue weighted by Crippen LogP contribution is 2.27. The van der Waals surface area contributed by atoms with E-state index in [2.05, 4.69) is 10.4 Å². The highest BCUT2D eigenvalue weighted by Gasteiger charge is 2.13. The second-order valence-corrected chi connectivity index (χ2v) is 5.61. The highest BCUT2D eigenvalue weighted by atomic mass is 35.5. The summed E-state index contributed by atoms with van der Waals surface area (Å²) in [6.45, 7) is 2.02. The lowest BCUT2D eigenvalue weighted by molar-refractivity contribution is 0.0827. The van der Waals surface area contributed by atoms with E-state index in [0.717, 1.165) is 11.3 Å². The van der Waals surface area contributed by atoms with Crippen molar-refractivity contribution in [3.8, 4) is 0 Å². The third-order valence-corrected chi connectivity index (χ3v) is 3.55. The summed E-state index contributed by atoms with van der Waals surface area (Å²) in [4.78, 5) is 13.5. The van der Waals surface area contributed by atoms with Gasteiger partial charge in [-0.25, -0.2) is 0 Å². The molecule has 0 aliphatic rings. The summed E-state index contributed by atoms with van der Waals surface area (Å²) in [7, 11) is 5.32. The van der Waals surface area contributed by atoms with Crippen LogP contribution in [0.4, 0.5) is 5.69 Å². The molecule has 0 spiro atoms. The van der Waals surface area contributed by atoms with E-state index in [4.69, 9.17) is 11.6 Å². The third-order valence-electron chi connectivity index (χ3n) is 3.22. The molecule has 1 heterocycles. The van der Waals surface area contributed by atoms with E-state index in [1.54, 1.807) is 43.2 Å². The molecule has 2 rings (SSSR count). The number of halogens is 1. The van der Waals surface area contributed by atoms with Crippen LogP contribution >= 0.6 is 11.6 Å². The molecule has 1 atom stereocenters. The highest BCUT2D eigenvalue weighted by molar-refractivity contribution is 6.33. The van der Waals surface area contributed by atoms with Gasteiger partial charge < -0.3 is 10.2 Å². The Morgan fingerprint density at radius 1 is 1.43 bits per heavy atom. The van der Waals surface area contributed by atoms with Crippen molar-refractivity contribution in [2.45, 2.75) is 13.0 Å². The summed E-state index contributed by atoms with van der Waals surface area (Å²) in [5.41, 5.74) is 2.39. The predicted molar refractivity (Wildman–Crippen MR) is 84.7 cm³/mol. The standard InChI is InChI=1S/C15H19ClN4O/c1-10(12-8-17-20(4)9-12)18-14-7-11(5-6-13(14)16)15(21)19(2)3/h5-10,18H,1-4H3. The fourth-order valence-corrected chi connectivity index (χ4v) is 2.18. The number of nitrogens with zero attached hydrogens (tertiary/aromatic N) is 3. The molecule has 112 valence electrons. The Morgan fingerprint density at radius 3 is 2.71 bits per heavy atom. The van der Waals surface area contributed by atoms with Gasteiger partial charge in [0.2, 0.25) is 0 Å². The number of hydrogen-bond acceptors (Lipinski definition) is 3. The maximum Gasteiger partial charge on any atom is 0.253 e.